The number of hydrogen-bond acceptors (Lipinski definition) is 5. The van der Waals surface area contributed by atoms with Crippen LogP contribution < -0.4 is 5.32 Å². The van der Waals surface area contributed by atoms with Gasteiger partial charge in [-0.05, 0) is 30.5 Å². The third-order valence-electron chi connectivity index (χ3n) is 4.47. The number of fused-ring (bicyclic) bond motifs is 1. The third kappa shape index (κ3) is 3.21. The maximum Gasteiger partial charge on any atom is 0.182 e. The van der Waals surface area contributed by atoms with Crippen molar-refractivity contribution in [1.29, 1.82) is 0 Å². The minimum Gasteiger partial charge on any atom is -0.365 e. The molecule has 3 aromatic rings. The molecule has 6 nitrogen and oxygen atoms in total. The van der Waals surface area contributed by atoms with Crippen molar-refractivity contribution in [3.63, 3.8) is 0 Å². The van der Waals surface area contributed by atoms with Crippen molar-refractivity contribution in [1.82, 2.24) is 24.8 Å². The molecule has 0 saturated carbocycles. The minimum atomic E-state index is -0.184. The largest absolute Gasteiger partial charge is 0.365 e. The van der Waals surface area contributed by atoms with Crippen LogP contribution in [0.3, 0.4) is 0 Å². The van der Waals surface area contributed by atoms with E-state index in [1.807, 2.05) is 12.1 Å². The second kappa shape index (κ2) is 6.52. The summed E-state index contributed by atoms with van der Waals surface area (Å²) in [6, 6.07) is 7.14. The number of H-pyrrole nitrogens is 1. The van der Waals surface area contributed by atoms with Gasteiger partial charge in [-0.15, -0.1) is 0 Å². The molecule has 1 saturated heterocycles. The Kier molecular flexibility index (Phi) is 4.08. The fourth-order valence-electron chi connectivity index (χ4n) is 3.15. The summed E-state index contributed by atoms with van der Waals surface area (Å²) in [4.78, 5) is 18.1. The summed E-state index contributed by atoms with van der Waals surface area (Å²) in [5.41, 5.74) is 2.69. The van der Waals surface area contributed by atoms with Gasteiger partial charge in [0.15, 0.2) is 11.5 Å². The van der Waals surface area contributed by atoms with Crippen molar-refractivity contribution < 1.29 is 4.39 Å². The molecule has 1 aliphatic rings. The molecule has 1 aliphatic heterocycles. The number of anilines is 1. The molecule has 3 heterocycles. The summed E-state index contributed by atoms with van der Waals surface area (Å²) in [5, 5.41) is 3.50. The molecule has 2 aromatic heterocycles. The number of aromatic nitrogens is 4. The van der Waals surface area contributed by atoms with Crippen LogP contribution in [0.15, 0.2) is 36.9 Å². The number of nitrogens with zero attached hydrogens (tertiary/aromatic N) is 4. The summed E-state index contributed by atoms with van der Waals surface area (Å²) in [6.07, 6.45) is 5.26. The van der Waals surface area contributed by atoms with Crippen molar-refractivity contribution in [2.24, 2.45) is 0 Å². The Balaban J connectivity index is 1.34. The molecule has 0 amide bonds. The quantitative estimate of drug-likeness (QED) is 0.771. The molecule has 1 fully saturated rings. The van der Waals surface area contributed by atoms with Crippen LogP contribution in [0.2, 0.25) is 0 Å². The lowest BCUT2D eigenvalue weighted by atomic mass is 10.0. The van der Waals surface area contributed by atoms with E-state index in [2.05, 4.69) is 30.2 Å². The molecule has 0 aliphatic carbocycles. The van der Waals surface area contributed by atoms with Crippen molar-refractivity contribution >= 4 is 17.0 Å². The second-order valence-corrected chi connectivity index (χ2v) is 6.14. The van der Waals surface area contributed by atoms with Crippen LogP contribution in [0.1, 0.15) is 18.4 Å². The predicted octanol–water partition coefficient (Wildman–Crippen LogP) is 2.57. The lowest BCUT2D eigenvalue weighted by Crippen LogP contribution is -2.38. The number of nitrogens with one attached hydrogen (secondary N) is 2. The Hall–Kier alpha value is -2.54. The smallest absolute Gasteiger partial charge is 0.182 e. The highest BCUT2D eigenvalue weighted by molar-refractivity contribution is 5.82. The highest BCUT2D eigenvalue weighted by Crippen LogP contribution is 2.20. The highest BCUT2D eigenvalue weighted by Gasteiger charge is 2.20. The summed E-state index contributed by atoms with van der Waals surface area (Å²) < 4.78 is 13.0. The van der Waals surface area contributed by atoms with Gasteiger partial charge in [-0.2, -0.15) is 0 Å². The molecule has 0 spiro atoms. The monoisotopic (exact) mass is 326 g/mol. The fraction of sp³-hybridized carbons (Fsp3) is 0.353. The maximum absolute atomic E-state index is 13.0. The van der Waals surface area contributed by atoms with E-state index in [9.17, 15) is 4.39 Å². The Bertz CT molecular complexity index is 807. The van der Waals surface area contributed by atoms with Gasteiger partial charge in [-0.3, -0.25) is 4.90 Å². The standard InChI is InChI=1S/C17H19FN6/c18-13-3-1-12(2-4-13)9-24-7-5-14(6-8-24)23-17-15-16(20-10-19-15)21-11-22-17/h1-4,10-11,14H,5-9H2,(H2,19,20,21,22,23). The lowest BCUT2D eigenvalue weighted by Gasteiger charge is -2.32. The van der Waals surface area contributed by atoms with Gasteiger partial charge in [0.25, 0.3) is 0 Å². The molecule has 124 valence electrons. The molecule has 0 bridgehead atoms. The molecule has 0 atom stereocenters. The van der Waals surface area contributed by atoms with Crippen LogP contribution in [-0.4, -0.2) is 44.0 Å². The van der Waals surface area contributed by atoms with E-state index in [-0.39, 0.29) is 5.82 Å². The van der Waals surface area contributed by atoms with Crippen LogP contribution in [-0.2, 0) is 6.54 Å². The van der Waals surface area contributed by atoms with Crippen LogP contribution in [0.5, 0.6) is 0 Å². The Morgan fingerprint density at radius 2 is 1.92 bits per heavy atom. The van der Waals surface area contributed by atoms with Gasteiger partial charge in [0, 0.05) is 25.7 Å². The molecule has 2 N–H and O–H groups in total. The van der Waals surface area contributed by atoms with E-state index in [1.54, 1.807) is 6.33 Å². The van der Waals surface area contributed by atoms with Crippen LogP contribution in [0, 0.1) is 5.82 Å². The first-order chi connectivity index (χ1) is 11.8. The number of rotatable bonds is 4. The van der Waals surface area contributed by atoms with E-state index >= 15 is 0 Å². The molecular weight excluding hydrogens is 307 g/mol. The van der Waals surface area contributed by atoms with Crippen LogP contribution in [0.25, 0.3) is 11.2 Å². The van der Waals surface area contributed by atoms with Crippen LogP contribution in [0.4, 0.5) is 10.2 Å². The van der Waals surface area contributed by atoms with Crippen molar-refractivity contribution in [2.45, 2.75) is 25.4 Å². The summed E-state index contributed by atoms with van der Waals surface area (Å²) >= 11 is 0. The highest BCUT2D eigenvalue weighted by atomic mass is 19.1. The number of likely N-dealkylation sites (tertiary alicyclic amines) is 1. The summed E-state index contributed by atoms with van der Waals surface area (Å²) in [5.74, 6) is 0.631. The van der Waals surface area contributed by atoms with Crippen molar-refractivity contribution in [3.8, 4) is 0 Å². The Labute approximate surface area is 139 Å². The van der Waals surface area contributed by atoms with Gasteiger partial charge in [0.1, 0.15) is 17.7 Å². The molecule has 1 aromatic carbocycles. The first kappa shape index (κ1) is 15.0. The third-order valence-corrected chi connectivity index (χ3v) is 4.47. The van der Waals surface area contributed by atoms with Crippen LogP contribution >= 0.6 is 0 Å². The van der Waals surface area contributed by atoms with Crippen molar-refractivity contribution in [3.05, 3.63) is 48.3 Å². The van der Waals surface area contributed by atoms with Gasteiger partial charge in [-0.25, -0.2) is 19.3 Å². The van der Waals surface area contributed by atoms with Gasteiger partial charge in [0.2, 0.25) is 0 Å². The van der Waals surface area contributed by atoms with Gasteiger partial charge in [0.05, 0.1) is 6.33 Å². The van der Waals surface area contributed by atoms with Gasteiger partial charge in [-0.1, -0.05) is 12.1 Å². The van der Waals surface area contributed by atoms with Crippen molar-refractivity contribution in [2.75, 3.05) is 18.4 Å². The number of halogens is 1. The first-order valence-corrected chi connectivity index (χ1v) is 8.15. The van der Waals surface area contributed by atoms with E-state index in [0.717, 1.165) is 49.4 Å². The van der Waals surface area contributed by atoms with E-state index in [1.165, 1.54) is 18.5 Å². The summed E-state index contributed by atoms with van der Waals surface area (Å²) in [6.45, 7) is 2.88. The fourth-order valence-corrected chi connectivity index (χ4v) is 3.15. The number of piperidine rings is 1. The SMILES string of the molecule is Fc1ccc(CN2CCC(Nc3ncnc4nc[nH]c34)CC2)cc1. The number of imidazole rings is 1. The van der Waals surface area contributed by atoms with E-state index < -0.39 is 0 Å². The zero-order valence-corrected chi connectivity index (χ0v) is 13.2. The number of aromatic amines is 1. The molecule has 0 unspecified atom stereocenters. The molecular formula is C17H19FN6. The Morgan fingerprint density at radius 1 is 1.12 bits per heavy atom. The predicted molar refractivity (Wildman–Crippen MR) is 90.0 cm³/mol. The normalized spacial score (nSPS) is 16.5. The first-order valence-electron chi connectivity index (χ1n) is 8.15. The number of benzene rings is 1. The van der Waals surface area contributed by atoms with E-state index in [0.29, 0.717) is 11.7 Å². The zero-order chi connectivity index (χ0) is 16.4. The topological polar surface area (TPSA) is 69.7 Å². The molecule has 7 heteroatoms. The molecule has 0 radical (unpaired) electrons. The average molecular weight is 326 g/mol. The summed E-state index contributed by atoms with van der Waals surface area (Å²) in [7, 11) is 0. The molecule has 4 rings (SSSR count). The number of hydrogen-bond donors (Lipinski definition) is 2. The second-order valence-electron chi connectivity index (χ2n) is 6.14. The van der Waals surface area contributed by atoms with Gasteiger partial charge < -0.3 is 10.3 Å². The zero-order valence-electron chi connectivity index (χ0n) is 13.2. The minimum absolute atomic E-state index is 0.184. The lowest BCUT2D eigenvalue weighted by molar-refractivity contribution is 0.211. The molecule has 24 heavy (non-hydrogen) atoms. The van der Waals surface area contributed by atoms with Gasteiger partial charge >= 0.3 is 0 Å². The Morgan fingerprint density at radius 3 is 2.71 bits per heavy atom. The van der Waals surface area contributed by atoms with E-state index in [4.69, 9.17) is 0 Å². The average Bonchev–Trinajstić information content (AvgIpc) is 3.08. The maximum atomic E-state index is 13.0.